The number of aliphatic hydroxyl groups is 1. The number of carbonyl (C=O) groups is 1. The molecule has 5 heteroatoms. The SMILES string of the molecule is CCc1ccc(C(=O)N2CC[C@@](O)(C3CCOCC3)[C@H](C)C2)s1. The fourth-order valence-corrected chi connectivity index (χ4v) is 4.88. The molecule has 0 unspecified atom stereocenters. The lowest BCUT2D eigenvalue weighted by atomic mass is 9.70. The molecule has 0 spiro atoms. The third kappa shape index (κ3) is 3.32. The van der Waals surface area contributed by atoms with E-state index in [1.54, 1.807) is 11.3 Å². The molecule has 4 nitrogen and oxygen atoms in total. The van der Waals surface area contributed by atoms with Crippen molar-refractivity contribution < 1.29 is 14.6 Å². The standard InChI is InChI=1S/C18H27NO3S/c1-3-15-4-5-16(23-15)17(20)19-9-8-18(21,13(2)12-19)14-6-10-22-11-7-14/h4-5,13-14,21H,3,6-12H2,1-2H3/t13-,18+/m1/s1. The molecule has 2 aliphatic rings. The molecular weight excluding hydrogens is 310 g/mol. The van der Waals surface area contributed by atoms with E-state index in [-0.39, 0.29) is 11.8 Å². The highest BCUT2D eigenvalue weighted by molar-refractivity contribution is 7.14. The average molecular weight is 337 g/mol. The van der Waals surface area contributed by atoms with E-state index in [1.807, 2.05) is 17.0 Å². The van der Waals surface area contributed by atoms with Gasteiger partial charge in [0.25, 0.3) is 5.91 Å². The summed E-state index contributed by atoms with van der Waals surface area (Å²) in [5.74, 6) is 0.529. The highest BCUT2D eigenvalue weighted by Crippen LogP contribution is 2.39. The zero-order valence-electron chi connectivity index (χ0n) is 14.1. The molecule has 2 fully saturated rings. The van der Waals surface area contributed by atoms with Gasteiger partial charge >= 0.3 is 0 Å². The predicted molar refractivity (Wildman–Crippen MR) is 91.9 cm³/mol. The van der Waals surface area contributed by atoms with Crippen LogP contribution in [0, 0.1) is 11.8 Å². The number of ether oxygens (including phenoxy) is 1. The van der Waals surface area contributed by atoms with Gasteiger partial charge in [-0.3, -0.25) is 4.79 Å². The van der Waals surface area contributed by atoms with Crippen molar-refractivity contribution in [3.05, 3.63) is 21.9 Å². The first-order valence-corrected chi connectivity index (χ1v) is 9.54. The normalized spacial score (nSPS) is 29.7. The zero-order valence-corrected chi connectivity index (χ0v) is 14.9. The number of thiophene rings is 1. The van der Waals surface area contributed by atoms with E-state index in [0.29, 0.717) is 25.4 Å². The van der Waals surface area contributed by atoms with Crippen molar-refractivity contribution >= 4 is 17.2 Å². The lowest BCUT2D eigenvalue weighted by molar-refractivity contribution is -0.125. The van der Waals surface area contributed by atoms with Crippen LogP contribution in [0.2, 0.25) is 0 Å². The first-order chi connectivity index (χ1) is 11.0. The molecule has 1 aromatic rings. The Morgan fingerprint density at radius 1 is 1.43 bits per heavy atom. The summed E-state index contributed by atoms with van der Waals surface area (Å²) in [5.41, 5.74) is -0.648. The quantitative estimate of drug-likeness (QED) is 0.922. The molecule has 23 heavy (non-hydrogen) atoms. The monoisotopic (exact) mass is 337 g/mol. The highest BCUT2D eigenvalue weighted by Gasteiger charge is 2.46. The van der Waals surface area contributed by atoms with E-state index < -0.39 is 5.60 Å². The van der Waals surface area contributed by atoms with Crippen molar-refractivity contribution in [2.45, 2.75) is 45.1 Å². The van der Waals surface area contributed by atoms with Crippen LogP contribution >= 0.6 is 11.3 Å². The van der Waals surface area contributed by atoms with Crippen LogP contribution in [-0.4, -0.2) is 47.8 Å². The van der Waals surface area contributed by atoms with Gasteiger partial charge in [-0.1, -0.05) is 13.8 Å². The Bertz CT molecular complexity index is 552. The van der Waals surface area contributed by atoms with E-state index in [0.717, 1.165) is 37.4 Å². The van der Waals surface area contributed by atoms with Crippen molar-refractivity contribution in [1.82, 2.24) is 4.90 Å². The maximum atomic E-state index is 12.7. The summed E-state index contributed by atoms with van der Waals surface area (Å²) in [6, 6.07) is 3.99. The Morgan fingerprint density at radius 2 is 2.17 bits per heavy atom. The van der Waals surface area contributed by atoms with Gasteiger partial charge in [0.05, 0.1) is 10.5 Å². The number of carbonyl (C=O) groups excluding carboxylic acids is 1. The summed E-state index contributed by atoms with van der Waals surface area (Å²) >= 11 is 1.59. The molecule has 0 bridgehead atoms. The number of nitrogens with zero attached hydrogens (tertiary/aromatic N) is 1. The number of rotatable bonds is 3. The van der Waals surface area contributed by atoms with Gasteiger partial charge in [-0.25, -0.2) is 0 Å². The summed E-state index contributed by atoms with van der Waals surface area (Å²) in [6.45, 7) is 6.98. The Balaban J connectivity index is 1.66. The first-order valence-electron chi connectivity index (χ1n) is 8.72. The third-order valence-electron chi connectivity index (χ3n) is 5.57. The van der Waals surface area contributed by atoms with Gasteiger partial charge in [0, 0.05) is 37.1 Å². The molecular formula is C18H27NO3S. The molecule has 1 aromatic heterocycles. The maximum Gasteiger partial charge on any atom is 0.263 e. The molecule has 0 saturated carbocycles. The molecule has 2 aliphatic heterocycles. The van der Waals surface area contributed by atoms with Gasteiger partial charge in [-0.15, -0.1) is 11.3 Å². The molecule has 2 saturated heterocycles. The largest absolute Gasteiger partial charge is 0.389 e. The van der Waals surface area contributed by atoms with Gasteiger partial charge in [0.2, 0.25) is 0 Å². The van der Waals surface area contributed by atoms with Gasteiger partial charge in [0.15, 0.2) is 0 Å². The second-order valence-corrected chi connectivity index (χ2v) is 8.07. The van der Waals surface area contributed by atoms with E-state index in [9.17, 15) is 9.90 Å². The Kier molecular flexibility index (Phi) is 5.09. The molecule has 1 N–H and O–H groups in total. The number of amides is 1. The topological polar surface area (TPSA) is 49.8 Å². The van der Waals surface area contributed by atoms with Crippen LogP contribution in [0.15, 0.2) is 12.1 Å². The Morgan fingerprint density at radius 3 is 2.78 bits per heavy atom. The predicted octanol–water partition coefficient (Wildman–Crippen LogP) is 2.95. The summed E-state index contributed by atoms with van der Waals surface area (Å²) < 4.78 is 5.43. The molecule has 1 amide bonds. The number of aryl methyl sites for hydroxylation is 1. The Hall–Kier alpha value is -0.910. The molecule has 3 rings (SSSR count). The van der Waals surface area contributed by atoms with Crippen molar-refractivity contribution in [3.8, 4) is 0 Å². The maximum absolute atomic E-state index is 12.7. The first kappa shape index (κ1) is 16.9. The summed E-state index contributed by atoms with van der Waals surface area (Å²) in [6.07, 6.45) is 3.51. The number of hydrogen-bond acceptors (Lipinski definition) is 4. The summed E-state index contributed by atoms with van der Waals surface area (Å²) in [7, 11) is 0. The van der Waals surface area contributed by atoms with E-state index >= 15 is 0 Å². The Labute approximate surface area is 142 Å². The van der Waals surface area contributed by atoms with E-state index in [4.69, 9.17) is 4.74 Å². The molecule has 128 valence electrons. The minimum absolute atomic E-state index is 0.105. The molecule has 2 atom stereocenters. The lowest BCUT2D eigenvalue weighted by Gasteiger charge is -2.48. The minimum Gasteiger partial charge on any atom is -0.389 e. The average Bonchev–Trinajstić information content (AvgIpc) is 3.06. The number of piperidine rings is 1. The van der Waals surface area contributed by atoms with Crippen LogP contribution in [0.4, 0.5) is 0 Å². The van der Waals surface area contributed by atoms with Crippen LogP contribution in [0.25, 0.3) is 0 Å². The van der Waals surface area contributed by atoms with Crippen LogP contribution in [0.3, 0.4) is 0 Å². The van der Waals surface area contributed by atoms with Crippen molar-refractivity contribution in [2.75, 3.05) is 26.3 Å². The van der Waals surface area contributed by atoms with E-state index in [1.165, 1.54) is 4.88 Å². The summed E-state index contributed by atoms with van der Waals surface area (Å²) in [5, 5.41) is 11.2. The van der Waals surface area contributed by atoms with Crippen LogP contribution < -0.4 is 0 Å². The van der Waals surface area contributed by atoms with Crippen LogP contribution in [-0.2, 0) is 11.2 Å². The van der Waals surface area contributed by atoms with Crippen molar-refractivity contribution in [2.24, 2.45) is 11.8 Å². The zero-order chi connectivity index (χ0) is 16.4. The number of hydrogen-bond donors (Lipinski definition) is 1. The van der Waals surface area contributed by atoms with Gasteiger partial charge in [-0.05, 0) is 43.7 Å². The summed E-state index contributed by atoms with van der Waals surface area (Å²) in [4.78, 5) is 16.7. The highest BCUT2D eigenvalue weighted by atomic mass is 32.1. The molecule has 0 aromatic carbocycles. The smallest absolute Gasteiger partial charge is 0.263 e. The van der Waals surface area contributed by atoms with Crippen molar-refractivity contribution in [3.63, 3.8) is 0 Å². The second-order valence-electron chi connectivity index (χ2n) is 6.90. The van der Waals surface area contributed by atoms with Gasteiger partial charge in [0.1, 0.15) is 0 Å². The van der Waals surface area contributed by atoms with Crippen LogP contribution in [0.5, 0.6) is 0 Å². The van der Waals surface area contributed by atoms with Crippen LogP contribution in [0.1, 0.15) is 47.7 Å². The fraction of sp³-hybridized carbons (Fsp3) is 0.722. The van der Waals surface area contributed by atoms with E-state index in [2.05, 4.69) is 13.8 Å². The lowest BCUT2D eigenvalue weighted by Crippen LogP contribution is -2.56. The minimum atomic E-state index is -0.648. The second kappa shape index (κ2) is 6.91. The van der Waals surface area contributed by atoms with Crippen molar-refractivity contribution in [1.29, 1.82) is 0 Å². The van der Waals surface area contributed by atoms with Gasteiger partial charge in [-0.2, -0.15) is 0 Å². The molecule has 0 radical (unpaired) electrons. The number of likely N-dealkylation sites (tertiary alicyclic amines) is 1. The van der Waals surface area contributed by atoms with Gasteiger partial charge < -0.3 is 14.7 Å². The third-order valence-corrected chi connectivity index (χ3v) is 6.78. The molecule has 0 aliphatic carbocycles. The molecule has 3 heterocycles. The fourth-order valence-electron chi connectivity index (χ4n) is 3.97.